The van der Waals surface area contributed by atoms with Crippen LogP contribution in [-0.4, -0.2) is 65.9 Å². The first-order chi connectivity index (χ1) is 13.2. The third-order valence-electron chi connectivity index (χ3n) is 4.71. The summed E-state index contributed by atoms with van der Waals surface area (Å²) in [5.41, 5.74) is -0.847. The van der Waals surface area contributed by atoms with E-state index in [2.05, 4.69) is 10.2 Å². The summed E-state index contributed by atoms with van der Waals surface area (Å²) in [6.45, 7) is 7.69. The summed E-state index contributed by atoms with van der Waals surface area (Å²) in [5, 5.41) is 12.2. The van der Waals surface area contributed by atoms with E-state index in [4.69, 9.17) is 4.74 Å². The van der Waals surface area contributed by atoms with Crippen molar-refractivity contribution in [3.63, 3.8) is 0 Å². The molecule has 0 saturated carbocycles. The van der Waals surface area contributed by atoms with E-state index in [-0.39, 0.29) is 24.1 Å². The van der Waals surface area contributed by atoms with E-state index in [0.717, 1.165) is 18.6 Å². The fourth-order valence-electron chi connectivity index (χ4n) is 3.32. The molecule has 2 atom stereocenters. The zero-order valence-corrected chi connectivity index (χ0v) is 16.4. The van der Waals surface area contributed by atoms with Crippen molar-refractivity contribution in [1.82, 2.24) is 9.80 Å². The van der Waals surface area contributed by atoms with Crippen molar-refractivity contribution in [2.45, 2.75) is 45.5 Å². The van der Waals surface area contributed by atoms with Crippen molar-refractivity contribution in [1.29, 1.82) is 0 Å². The molecule has 0 aromatic heterocycles. The van der Waals surface area contributed by atoms with E-state index in [1.807, 2.05) is 6.92 Å². The van der Waals surface area contributed by atoms with Gasteiger partial charge in [0.1, 0.15) is 5.75 Å². The summed E-state index contributed by atoms with van der Waals surface area (Å²) in [5.74, 6) is 0.198. The average Bonchev–Trinajstić information content (AvgIpc) is 2.62. The van der Waals surface area contributed by atoms with Gasteiger partial charge >= 0.3 is 12.2 Å². The minimum atomic E-state index is -4.51. The van der Waals surface area contributed by atoms with Gasteiger partial charge in [0.05, 0.1) is 24.0 Å². The molecular weight excluding hydrogens is 375 g/mol. The minimum absolute atomic E-state index is 0.00105. The Balaban J connectivity index is 2.13. The predicted octanol–water partition coefficient (Wildman–Crippen LogP) is 3.41. The van der Waals surface area contributed by atoms with Gasteiger partial charge in [-0.3, -0.25) is 4.90 Å². The van der Waals surface area contributed by atoms with Crippen LogP contribution in [0.25, 0.3) is 0 Å². The Morgan fingerprint density at radius 1 is 1.36 bits per heavy atom. The van der Waals surface area contributed by atoms with E-state index >= 15 is 0 Å². The second-order valence-corrected chi connectivity index (χ2v) is 6.92. The summed E-state index contributed by atoms with van der Waals surface area (Å²) >= 11 is 0. The third kappa shape index (κ3) is 5.75. The Labute approximate surface area is 163 Å². The largest absolute Gasteiger partial charge is 0.492 e. The predicted molar refractivity (Wildman–Crippen MR) is 101 cm³/mol. The molecule has 0 bridgehead atoms. The van der Waals surface area contributed by atoms with Gasteiger partial charge in [-0.2, -0.15) is 13.2 Å². The number of hydrogen-bond donors (Lipinski definition) is 2. The molecule has 9 heteroatoms. The number of urea groups is 1. The number of nitrogens with one attached hydrogen (secondary N) is 1. The number of β-amino-alcohol motifs (C(OH)–C–C–N with tert-alkyl or cyclic N) is 1. The van der Waals surface area contributed by atoms with Crippen molar-refractivity contribution in [3.8, 4) is 5.75 Å². The van der Waals surface area contributed by atoms with E-state index in [1.54, 1.807) is 18.7 Å². The Kier molecular flexibility index (Phi) is 7.54. The number of aliphatic hydroxyl groups excluding tert-OH is 1. The summed E-state index contributed by atoms with van der Waals surface area (Å²) in [6, 6.07) is 2.67. The molecule has 1 heterocycles. The highest BCUT2D eigenvalue weighted by molar-refractivity contribution is 5.91. The zero-order chi connectivity index (χ0) is 20.9. The molecule has 1 aliphatic heterocycles. The number of carbonyl (C=O) groups excluding carboxylic acids is 1. The van der Waals surface area contributed by atoms with Gasteiger partial charge in [0.25, 0.3) is 0 Å². The number of aliphatic hydroxyl groups is 1. The maximum absolute atomic E-state index is 13.0. The Morgan fingerprint density at radius 3 is 2.64 bits per heavy atom. The number of alkyl halides is 3. The number of halogens is 3. The Morgan fingerprint density at radius 2 is 2.07 bits per heavy atom. The molecule has 2 amide bonds. The van der Waals surface area contributed by atoms with Crippen LogP contribution in [0.1, 0.15) is 32.8 Å². The topological polar surface area (TPSA) is 65.0 Å². The number of anilines is 1. The molecule has 1 aromatic rings. The molecule has 1 saturated heterocycles. The number of piperazine rings is 1. The molecule has 0 unspecified atom stereocenters. The summed E-state index contributed by atoms with van der Waals surface area (Å²) in [4.78, 5) is 16.4. The molecular formula is C19H28F3N3O3. The highest BCUT2D eigenvalue weighted by Crippen LogP contribution is 2.35. The third-order valence-corrected chi connectivity index (χ3v) is 4.71. The first kappa shape index (κ1) is 22.3. The van der Waals surface area contributed by atoms with Gasteiger partial charge in [0.2, 0.25) is 0 Å². The van der Waals surface area contributed by atoms with Crippen LogP contribution in [0.15, 0.2) is 18.2 Å². The first-order valence-corrected chi connectivity index (χ1v) is 9.47. The minimum Gasteiger partial charge on any atom is -0.492 e. The van der Waals surface area contributed by atoms with Crippen molar-refractivity contribution in [2.75, 3.05) is 38.1 Å². The number of amides is 2. The maximum atomic E-state index is 13.0. The molecule has 2 N–H and O–H groups in total. The summed E-state index contributed by atoms with van der Waals surface area (Å²) in [6.07, 6.45) is -4.18. The lowest BCUT2D eigenvalue weighted by atomic mass is 10.1. The molecule has 6 nitrogen and oxygen atoms in total. The Bertz CT molecular complexity index is 668. The zero-order valence-electron chi connectivity index (χ0n) is 16.4. The Hall–Kier alpha value is -2.00. The number of carbonyl (C=O) groups is 1. The fraction of sp³-hybridized carbons (Fsp3) is 0.632. The van der Waals surface area contributed by atoms with Crippen LogP contribution >= 0.6 is 0 Å². The van der Waals surface area contributed by atoms with Gasteiger partial charge in [0.15, 0.2) is 0 Å². The standard InChI is InChI=1S/C19H28F3N3O3/c1-4-15-12-25(9-8-24(15)11-13(3)26)18(27)23-16-10-14(19(20,21)22)6-7-17(16)28-5-2/h6-7,10,13,15,26H,4-5,8-9,11-12H2,1-3H3,(H,23,27)/t13-,15+/m0/s1. The average molecular weight is 403 g/mol. The number of nitrogens with zero attached hydrogens (tertiary/aromatic N) is 2. The molecule has 1 fully saturated rings. The smallest absolute Gasteiger partial charge is 0.416 e. The highest BCUT2D eigenvalue weighted by Gasteiger charge is 2.32. The molecule has 28 heavy (non-hydrogen) atoms. The lowest BCUT2D eigenvalue weighted by molar-refractivity contribution is -0.137. The number of benzene rings is 1. The van der Waals surface area contributed by atoms with E-state index in [1.165, 1.54) is 6.07 Å². The van der Waals surface area contributed by atoms with E-state index < -0.39 is 23.9 Å². The molecule has 0 aliphatic carbocycles. The van der Waals surface area contributed by atoms with E-state index in [9.17, 15) is 23.1 Å². The van der Waals surface area contributed by atoms with Crippen molar-refractivity contribution in [2.24, 2.45) is 0 Å². The van der Waals surface area contributed by atoms with Crippen molar-refractivity contribution >= 4 is 11.7 Å². The normalized spacial score (nSPS) is 19.4. The van der Waals surface area contributed by atoms with Crippen LogP contribution in [0.3, 0.4) is 0 Å². The fourth-order valence-corrected chi connectivity index (χ4v) is 3.32. The highest BCUT2D eigenvalue weighted by atomic mass is 19.4. The van der Waals surface area contributed by atoms with Gasteiger partial charge in [-0.05, 0) is 38.5 Å². The molecule has 1 aromatic carbocycles. The number of ether oxygens (including phenoxy) is 1. The summed E-state index contributed by atoms with van der Waals surface area (Å²) in [7, 11) is 0. The second-order valence-electron chi connectivity index (χ2n) is 6.92. The van der Waals surface area contributed by atoms with Gasteiger partial charge < -0.3 is 20.1 Å². The quantitative estimate of drug-likeness (QED) is 0.764. The monoisotopic (exact) mass is 403 g/mol. The lowest BCUT2D eigenvalue weighted by Crippen LogP contribution is -2.56. The second kappa shape index (κ2) is 9.47. The number of hydrogen-bond acceptors (Lipinski definition) is 4. The molecule has 0 spiro atoms. The van der Waals surface area contributed by atoms with Crippen molar-refractivity contribution in [3.05, 3.63) is 23.8 Å². The lowest BCUT2D eigenvalue weighted by Gasteiger charge is -2.41. The van der Waals surface area contributed by atoms with E-state index in [0.29, 0.717) is 26.2 Å². The SMILES string of the molecule is CCOc1ccc(C(F)(F)F)cc1NC(=O)N1CCN(C[C@H](C)O)[C@H](CC)C1. The van der Waals surface area contributed by atoms with Gasteiger partial charge in [-0.15, -0.1) is 0 Å². The maximum Gasteiger partial charge on any atom is 0.416 e. The molecule has 158 valence electrons. The molecule has 1 aliphatic rings. The van der Waals surface area contributed by atoms with Crippen LogP contribution in [-0.2, 0) is 6.18 Å². The van der Waals surface area contributed by atoms with Crippen LogP contribution in [0.2, 0.25) is 0 Å². The van der Waals surface area contributed by atoms with Crippen LogP contribution in [0, 0.1) is 0 Å². The molecule has 0 radical (unpaired) electrons. The number of rotatable bonds is 6. The molecule has 2 rings (SSSR count). The van der Waals surface area contributed by atoms with Gasteiger partial charge in [0, 0.05) is 32.2 Å². The van der Waals surface area contributed by atoms with Crippen LogP contribution in [0.4, 0.5) is 23.7 Å². The van der Waals surface area contributed by atoms with Gasteiger partial charge in [-0.1, -0.05) is 6.92 Å². The van der Waals surface area contributed by atoms with Gasteiger partial charge in [-0.25, -0.2) is 4.79 Å². The summed E-state index contributed by atoms with van der Waals surface area (Å²) < 4.78 is 44.5. The van der Waals surface area contributed by atoms with Crippen LogP contribution < -0.4 is 10.1 Å². The van der Waals surface area contributed by atoms with Crippen molar-refractivity contribution < 1.29 is 27.8 Å². The van der Waals surface area contributed by atoms with Crippen LogP contribution in [0.5, 0.6) is 5.75 Å². The first-order valence-electron chi connectivity index (χ1n) is 9.47.